The highest BCUT2D eigenvalue weighted by Gasteiger charge is 2.28. The second-order valence-electron chi connectivity index (χ2n) is 5.46. The summed E-state index contributed by atoms with van der Waals surface area (Å²) >= 11 is 0. The van der Waals surface area contributed by atoms with Gasteiger partial charge in [-0.2, -0.15) is 0 Å². The first-order chi connectivity index (χ1) is 9.20. The van der Waals surface area contributed by atoms with Crippen LogP contribution in [-0.4, -0.2) is 23.6 Å². The number of benzene rings is 1. The Balaban J connectivity index is 2.80. The van der Waals surface area contributed by atoms with Crippen LogP contribution in [0.4, 0.5) is 4.79 Å². The van der Waals surface area contributed by atoms with Crippen molar-refractivity contribution in [1.29, 1.82) is 0 Å². The van der Waals surface area contributed by atoms with E-state index < -0.39 is 29.7 Å². The zero-order valence-corrected chi connectivity index (χ0v) is 11.9. The topological polar surface area (TPSA) is 107 Å². The quantitative estimate of drug-likeness (QED) is 0.766. The van der Waals surface area contributed by atoms with E-state index in [-0.39, 0.29) is 0 Å². The molecule has 0 unspecified atom stereocenters. The van der Waals surface area contributed by atoms with Crippen molar-refractivity contribution >= 4 is 12.0 Å². The molecule has 0 aliphatic heterocycles. The predicted octanol–water partition coefficient (Wildman–Crippen LogP) is 1.07. The zero-order chi connectivity index (χ0) is 15.3. The molecule has 1 aromatic rings. The van der Waals surface area contributed by atoms with E-state index in [1.165, 1.54) is 0 Å². The Morgan fingerprint density at radius 1 is 1.20 bits per heavy atom. The lowest BCUT2D eigenvalue weighted by molar-refractivity contribution is -0.120. The Morgan fingerprint density at radius 3 is 2.20 bits per heavy atom. The van der Waals surface area contributed by atoms with Crippen molar-refractivity contribution in [2.45, 2.75) is 38.5 Å². The molecule has 20 heavy (non-hydrogen) atoms. The van der Waals surface area contributed by atoms with Gasteiger partial charge >= 0.3 is 6.09 Å². The lowest BCUT2D eigenvalue weighted by Gasteiger charge is -2.25. The minimum absolute atomic E-state index is 0.664. The van der Waals surface area contributed by atoms with Crippen LogP contribution < -0.4 is 16.8 Å². The van der Waals surface area contributed by atoms with E-state index in [2.05, 4.69) is 5.32 Å². The lowest BCUT2D eigenvalue weighted by atomic mass is 10.00. The number of alkyl carbamates (subject to hydrolysis) is 1. The molecule has 0 fully saturated rings. The second-order valence-corrected chi connectivity index (χ2v) is 5.46. The number of hydrogen-bond donors (Lipinski definition) is 3. The predicted molar refractivity (Wildman–Crippen MR) is 75.7 cm³/mol. The Hall–Kier alpha value is -2.08. The number of nitrogens with two attached hydrogens (primary N) is 2. The minimum Gasteiger partial charge on any atom is -0.444 e. The first kappa shape index (κ1) is 16.0. The summed E-state index contributed by atoms with van der Waals surface area (Å²) in [7, 11) is 0. The van der Waals surface area contributed by atoms with Crippen LogP contribution in [-0.2, 0) is 9.53 Å². The van der Waals surface area contributed by atoms with E-state index in [1.807, 2.05) is 6.07 Å². The van der Waals surface area contributed by atoms with Crippen molar-refractivity contribution in [2.75, 3.05) is 0 Å². The Bertz CT molecular complexity index is 468. The molecule has 0 heterocycles. The van der Waals surface area contributed by atoms with Crippen molar-refractivity contribution in [2.24, 2.45) is 11.5 Å². The molecular weight excluding hydrogens is 258 g/mol. The van der Waals surface area contributed by atoms with E-state index in [0.717, 1.165) is 0 Å². The highest BCUT2D eigenvalue weighted by molar-refractivity contribution is 5.85. The van der Waals surface area contributed by atoms with Crippen LogP contribution >= 0.6 is 0 Å². The molecule has 2 atom stereocenters. The smallest absolute Gasteiger partial charge is 0.408 e. The van der Waals surface area contributed by atoms with Crippen LogP contribution in [0.25, 0.3) is 0 Å². The van der Waals surface area contributed by atoms with E-state index in [4.69, 9.17) is 16.2 Å². The zero-order valence-electron chi connectivity index (χ0n) is 11.9. The molecule has 1 aromatic carbocycles. The maximum absolute atomic E-state index is 11.7. The third kappa shape index (κ3) is 4.89. The number of hydrogen-bond acceptors (Lipinski definition) is 4. The molecule has 110 valence electrons. The van der Waals surface area contributed by atoms with Crippen LogP contribution in [0, 0.1) is 0 Å². The van der Waals surface area contributed by atoms with Crippen LogP contribution in [0.5, 0.6) is 0 Å². The summed E-state index contributed by atoms with van der Waals surface area (Å²) in [5, 5.41) is 2.41. The van der Waals surface area contributed by atoms with Gasteiger partial charge in [0.1, 0.15) is 11.6 Å². The summed E-state index contributed by atoms with van der Waals surface area (Å²) in [5.41, 5.74) is 11.3. The van der Waals surface area contributed by atoms with Gasteiger partial charge in [0, 0.05) is 0 Å². The number of carbonyl (C=O) groups is 2. The molecule has 6 heteroatoms. The van der Waals surface area contributed by atoms with Gasteiger partial charge in [0.15, 0.2) is 0 Å². The molecule has 0 spiro atoms. The van der Waals surface area contributed by atoms with Gasteiger partial charge in [-0.1, -0.05) is 30.3 Å². The molecule has 0 saturated carbocycles. The standard InChI is InChI=1S/C14H21N3O3/c1-14(2,3)20-13(19)17-11(12(16)18)10(15)9-7-5-4-6-8-9/h4-8,10-11H,15H2,1-3H3,(H2,16,18)(H,17,19)/t10-,11-/m1/s1. The molecule has 2 amide bonds. The molecule has 0 aromatic heterocycles. The number of carbonyl (C=O) groups excluding carboxylic acids is 2. The van der Waals surface area contributed by atoms with E-state index in [1.54, 1.807) is 45.0 Å². The fourth-order valence-corrected chi connectivity index (χ4v) is 1.64. The average Bonchev–Trinajstić information content (AvgIpc) is 2.34. The van der Waals surface area contributed by atoms with Crippen molar-refractivity contribution in [3.05, 3.63) is 35.9 Å². The summed E-state index contributed by atoms with van der Waals surface area (Å²) in [4.78, 5) is 23.2. The molecular formula is C14H21N3O3. The largest absolute Gasteiger partial charge is 0.444 e. The normalized spacial score (nSPS) is 14.2. The maximum atomic E-state index is 11.7. The molecule has 0 bridgehead atoms. The van der Waals surface area contributed by atoms with Gasteiger partial charge in [-0.25, -0.2) is 4.79 Å². The van der Waals surface area contributed by atoms with Gasteiger partial charge in [-0.15, -0.1) is 0 Å². The van der Waals surface area contributed by atoms with E-state index >= 15 is 0 Å². The Labute approximate surface area is 118 Å². The number of amides is 2. The van der Waals surface area contributed by atoms with E-state index in [0.29, 0.717) is 5.56 Å². The van der Waals surface area contributed by atoms with Gasteiger partial charge in [-0.3, -0.25) is 4.79 Å². The maximum Gasteiger partial charge on any atom is 0.408 e. The van der Waals surface area contributed by atoms with Gasteiger partial charge in [0.05, 0.1) is 6.04 Å². The number of ether oxygens (including phenoxy) is 1. The second kappa shape index (κ2) is 6.38. The number of rotatable bonds is 4. The molecule has 1 rings (SSSR count). The van der Waals surface area contributed by atoms with Crippen molar-refractivity contribution in [3.63, 3.8) is 0 Å². The van der Waals surface area contributed by atoms with Crippen LogP contribution in [0.1, 0.15) is 32.4 Å². The number of primary amides is 1. The monoisotopic (exact) mass is 279 g/mol. The molecule has 0 aliphatic rings. The van der Waals surface area contributed by atoms with Crippen molar-refractivity contribution in [1.82, 2.24) is 5.32 Å². The first-order valence-corrected chi connectivity index (χ1v) is 6.30. The number of nitrogens with one attached hydrogen (secondary N) is 1. The fourth-order valence-electron chi connectivity index (χ4n) is 1.64. The van der Waals surface area contributed by atoms with Crippen LogP contribution in [0.2, 0.25) is 0 Å². The summed E-state index contributed by atoms with van der Waals surface area (Å²) in [6.45, 7) is 5.18. The molecule has 0 aliphatic carbocycles. The molecule has 5 N–H and O–H groups in total. The summed E-state index contributed by atoms with van der Waals surface area (Å²) < 4.78 is 5.09. The van der Waals surface area contributed by atoms with E-state index in [9.17, 15) is 9.59 Å². The SMILES string of the molecule is CC(C)(C)OC(=O)N[C@@H](C(N)=O)[C@H](N)c1ccccc1. The lowest BCUT2D eigenvalue weighted by Crippen LogP contribution is -2.51. The molecule has 0 saturated heterocycles. The third-order valence-corrected chi connectivity index (χ3v) is 2.52. The fraction of sp³-hybridized carbons (Fsp3) is 0.429. The summed E-state index contributed by atoms with van der Waals surface area (Å²) in [5.74, 6) is -0.716. The Kier molecular flexibility index (Phi) is 5.10. The third-order valence-electron chi connectivity index (χ3n) is 2.52. The summed E-state index contributed by atoms with van der Waals surface area (Å²) in [6.07, 6.45) is -0.729. The first-order valence-electron chi connectivity index (χ1n) is 6.30. The minimum atomic E-state index is -1.03. The highest BCUT2D eigenvalue weighted by atomic mass is 16.6. The summed E-state index contributed by atoms with van der Waals surface area (Å²) in [6, 6.07) is 7.17. The van der Waals surface area contributed by atoms with Gasteiger partial charge < -0.3 is 21.5 Å². The van der Waals surface area contributed by atoms with Crippen LogP contribution in [0.3, 0.4) is 0 Å². The van der Waals surface area contributed by atoms with Gasteiger partial charge in [-0.05, 0) is 26.3 Å². The molecule has 0 radical (unpaired) electrons. The van der Waals surface area contributed by atoms with Crippen molar-refractivity contribution < 1.29 is 14.3 Å². The van der Waals surface area contributed by atoms with Gasteiger partial charge in [0.25, 0.3) is 0 Å². The van der Waals surface area contributed by atoms with Crippen molar-refractivity contribution in [3.8, 4) is 0 Å². The molecule has 6 nitrogen and oxygen atoms in total. The van der Waals surface area contributed by atoms with Gasteiger partial charge in [0.2, 0.25) is 5.91 Å². The highest BCUT2D eigenvalue weighted by Crippen LogP contribution is 2.14. The van der Waals surface area contributed by atoms with Crippen LogP contribution in [0.15, 0.2) is 30.3 Å². The Morgan fingerprint density at radius 2 is 1.75 bits per heavy atom. The average molecular weight is 279 g/mol.